The van der Waals surface area contributed by atoms with Gasteiger partial charge in [-0.3, -0.25) is 9.05 Å². The molecule has 20 heavy (non-hydrogen) atoms. The summed E-state index contributed by atoms with van der Waals surface area (Å²) in [6, 6.07) is 0. The van der Waals surface area contributed by atoms with Crippen LogP contribution in [0, 0.1) is 0 Å². The number of hydrogen-bond acceptors (Lipinski definition) is 6. The summed E-state index contributed by atoms with van der Waals surface area (Å²) in [6.45, 7) is 15.8. The third-order valence-electron chi connectivity index (χ3n) is 2.69. The molecular weight excluding hydrogens is 298 g/mol. The van der Waals surface area contributed by atoms with Crippen LogP contribution in [0.1, 0.15) is 41.5 Å². The van der Waals surface area contributed by atoms with Crippen LogP contribution in [0.2, 0.25) is 0 Å². The molecule has 0 aromatic heterocycles. The molecule has 0 rings (SSSR count). The molecule has 0 N–H and O–H groups in total. The van der Waals surface area contributed by atoms with Crippen LogP contribution in [0.25, 0.3) is 0 Å². The van der Waals surface area contributed by atoms with Crippen molar-refractivity contribution in [1.82, 2.24) is 9.34 Å². The summed E-state index contributed by atoms with van der Waals surface area (Å²) in [5.41, 5.74) is 0. The van der Waals surface area contributed by atoms with Crippen LogP contribution in [0.15, 0.2) is 0 Å². The lowest BCUT2D eigenvalue weighted by Crippen LogP contribution is -2.29. The summed E-state index contributed by atoms with van der Waals surface area (Å²) in [5, 5.41) is 0. The molecule has 0 fully saturated rings. The van der Waals surface area contributed by atoms with Crippen molar-refractivity contribution in [3.8, 4) is 0 Å². The lowest BCUT2D eigenvalue weighted by molar-refractivity contribution is 0.164. The number of phosphoric ester groups is 1. The highest BCUT2D eigenvalue weighted by Gasteiger charge is 2.35. The second kappa shape index (κ2) is 11.1. The molecule has 0 amide bonds. The summed E-state index contributed by atoms with van der Waals surface area (Å²) in [4.78, 5) is 0. The van der Waals surface area contributed by atoms with E-state index in [2.05, 4.69) is 37.0 Å². The van der Waals surface area contributed by atoms with E-state index in [-0.39, 0.29) is 0 Å². The van der Waals surface area contributed by atoms with Crippen molar-refractivity contribution in [2.75, 3.05) is 39.4 Å². The second-order valence-corrected chi connectivity index (χ2v) is 7.60. The van der Waals surface area contributed by atoms with Gasteiger partial charge >= 0.3 is 7.82 Å². The lowest BCUT2D eigenvalue weighted by Gasteiger charge is -2.36. The first-order valence-electron chi connectivity index (χ1n) is 7.40. The number of phosphoric acid groups is 1. The van der Waals surface area contributed by atoms with Crippen LogP contribution in [0.4, 0.5) is 0 Å². The van der Waals surface area contributed by atoms with E-state index in [1.54, 1.807) is 13.8 Å². The molecule has 0 aromatic carbocycles. The first-order chi connectivity index (χ1) is 9.51. The van der Waals surface area contributed by atoms with Crippen LogP contribution in [0.3, 0.4) is 0 Å². The quantitative estimate of drug-likeness (QED) is 0.503. The molecule has 8 heteroatoms. The number of nitrogens with zero attached hydrogens (tertiary/aromatic N) is 2. The Kier molecular flexibility index (Phi) is 11.3. The fraction of sp³-hybridized carbons (Fsp3) is 1.00. The van der Waals surface area contributed by atoms with E-state index in [0.717, 1.165) is 26.2 Å². The predicted octanol–water partition coefficient (Wildman–Crippen LogP) is 4.09. The van der Waals surface area contributed by atoms with Gasteiger partial charge in [-0.15, -0.1) is 0 Å². The Hall–Kier alpha value is 0.460. The topological polar surface area (TPSA) is 51.2 Å². The van der Waals surface area contributed by atoms with Gasteiger partial charge in [-0.25, -0.2) is 18.2 Å². The third-order valence-corrected chi connectivity index (χ3v) is 7.32. The highest BCUT2D eigenvalue weighted by atomic mass is 31.3. The zero-order valence-electron chi connectivity index (χ0n) is 13.7. The van der Waals surface area contributed by atoms with Crippen molar-refractivity contribution in [1.29, 1.82) is 0 Å². The Morgan fingerprint density at radius 3 is 1.40 bits per heavy atom. The van der Waals surface area contributed by atoms with Crippen LogP contribution >= 0.6 is 16.3 Å². The molecule has 122 valence electrons. The van der Waals surface area contributed by atoms with E-state index < -0.39 is 16.3 Å². The van der Waals surface area contributed by atoms with Gasteiger partial charge in [0.1, 0.15) is 0 Å². The zero-order chi connectivity index (χ0) is 15.6. The van der Waals surface area contributed by atoms with Crippen LogP contribution in [-0.2, 0) is 17.9 Å². The fourth-order valence-electron chi connectivity index (χ4n) is 1.70. The molecule has 0 saturated carbocycles. The zero-order valence-corrected chi connectivity index (χ0v) is 15.5. The van der Waals surface area contributed by atoms with Gasteiger partial charge in [0.2, 0.25) is 0 Å². The highest BCUT2D eigenvalue weighted by molar-refractivity contribution is 7.61. The third kappa shape index (κ3) is 6.48. The Labute approximate surface area is 125 Å². The predicted molar refractivity (Wildman–Crippen MR) is 84.7 cm³/mol. The van der Waals surface area contributed by atoms with Crippen LogP contribution in [0.5, 0.6) is 0 Å². The molecule has 0 heterocycles. The molecule has 0 bridgehead atoms. The molecule has 0 atom stereocenters. The van der Waals surface area contributed by atoms with E-state index in [0.29, 0.717) is 13.2 Å². The van der Waals surface area contributed by atoms with Gasteiger partial charge in [-0.05, 0) is 13.8 Å². The number of rotatable bonds is 12. The number of hydrogen-bond donors (Lipinski definition) is 0. The molecule has 0 radical (unpaired) electrons. The van der Waals surface area contributed by atoms with E-state index in [1.807, 2.05) is 0 Å². The molecule has 0 aliphatic carbocycles. The van der Waals surface area contributed by atoms with Gasteiger partial charge in [0.05, 0.1) is 13.2 Å². The van der Waals surface area contributed by atoms with Gasteiger partial charge in [0.15, 0.2) is 8.45 Å². The molecule has 0 aliphatic heterocycles. The van der Waals surface area contributed by atoms with Gasteiger partial charge in [-0.1, -0.05) is 27.7 Å². The van der Waals surface area contributed by atoms with Gasteiger partial charge in [0, 0.05) is 26.2 Å². The van der Waals surface area contributed by atoms with Crippen molar-refractivity contribution < 1.29 is 17.9 Å². The Morgan fingerprint density at radius 1 is 0.800 bits per heavy atom. The fourth-order valence-corrected chi connectivity index (χ4v) is 5.65. The van der Waals surface area contributed by atoms with Gasteiger partial charge < -0.3 is 0 Å². The maximum absolute atomic E-state index is 12.6. The van der Waals surface area contributed by atoms with Crippen molar-refractivity contribution >= 4 is 16.3 Å². The van der Waals surface area contributed by atoms with E-state index in [9.17, 15) is 4.57 Å². The molecule has 0 aromatic rings. The highest BCUT2D eigenvalue weighted by Crippen LogP contribution is 2.62. The Bertz CT molecular complexity index is 265. The normalized spacial score (nSPS) is 12.8. The van der Waals surface area contributed by atoms with E-state index >= 15 is 0 Å². The van der Waals surface area contributed by atoms with Crippen LogP contribution < -0.4 is 0 Å². The van der Waals surface area contributed by atoms with Gasteiger partial charge in [-0.2, -0.15) is 0 Å². The van der Waals surface area contributed by atoms with Crippen LogP contribution in [-0.4, -0.2) is 48.7 Å². The average molecular weight is 328 g/mol. The molecular formula is C12H30N2O4P2. The monoisotopic (exact) mass is 328 g/mol. The first kappa shape index (κ1) is 20.5. The van der Waals surface area contributed by atoms with Crippen molar-refractivity contribution in [3.05, 3.63) is 0 Å². The standard InChI is InChI=1S/C12H30N2O4P2/c1-7-13(8-2)19(14(9-3)10-4)18-20(15,16-11-5)17-12-6/h7-12H2,1-6H3. The maximum Gasteiger partial charge on any atom is 0.480 e. The van der Waals surface area contributed by atoms with Crippen molar-refractivity contribution in [3.63, 3.8) is 0 Å². The average Bonchev–Trinajstić information content (AvgIpc) is 2.41. The Balaban J connectivity index is 5.14. The lowest BCUT2D eigenvalue weighted by atomic mass is 10.7. The first-order valence-corrected chi connectivity index (χ1v) is 10.0. The smallest absolute Gasteiger partial charge is 0.287 e. The molecule has 0 unspecified atom stereocenters. The summed E-state index contributed by atoms with van der Waals surface area (Å²) in [7, 11) is -4.64. The van der Waals surface area contributed by atoms with Crippen molar-refractivity contribution in [2.24, 2.45) is 0 Å². The van der Waals surface area contributed by atoms with Gasteiger partial charge in [0.25, 0.3) is 0 Å². The minimum atomic E-state index is -3.49. The summed E-state index contributed by atoms with van der Waals surface area (Å²) < 4.78 is 33.3. The summed E-state index contributed by atoms with van der Waals surface area (Å²) >= 11 is 0. The molecule has 0 saturated heterocycles. The minimum Gasteiger partial charge on any atom is -0.287 e. The van der Waals surface area contributed by atoms with E-state index in [4.69, 9.17) is 13.4 Å². The molecule has 6 nitrogen and oxygen atoms in total. The van der Waals surface area contributed by atoms with E-state index in [1.165, 1.54) is 0 Å². The second-order valence-electron chi connectivity index (χ2n) is 3.89. The maximum atomic E-state index is 12.6. The van der Waals surface area contributed by atoms with Crippen molar-refractivity contribution in [2.45, 2.75) is 41.5 Å². The minimum absolute atomic E-state index is 0.303. The Morgan fingerprint density at radius 2 is 1.15 bits per heavy atom. The summed E-state index contributed by atoms with van der Waals surface area (Å²) in [5.74, 6) is 0. The largest absolute Gasteiger partial charge is 0.480 e. The molecule has 0 spiro atoms. The molecule has 0 aliphatic rings. The summed E-state index contributed by atoms with van der Waals surface area (Å²) in [6.07, 6.45) is 0. The SMILES string of the molecule is CCOP(=O)(OCC)OP(N(CC)CC)N(CC)CC.